The predicted octanol–water partition coefficient (Wildman–Crippen LogP) is 7.43. The van der Waals surface area contributed by atoms with Gasteiger partial charge in [-0.1, -0.05) is 37.3 Å². The number of carbonyl (C=O) groups excluding carboxylic acids is 1. The van der Waals surface area contributed by atoms with Crippen LogP contribution in [0.5, 0.6) is 23.0 Å². The number of amides is 1. The van der Waals surface area contributed by atoms with Gasteiger partial charge in [0.25, 0.3) is 0 Å². The first-order chi connectivity index (χ1) is 16.7. The Labute approximate surface area is 196 Å². The predicted molar refractivity (Wildman–Crippen MR) is 131 cm³/mol. The summed E-state index contributed by atoms with van der Waals surface area (Å²) in [6.45, 7) is 1.81. The van der Waals surface area contributed by atoms with Crippen LogP contribution in [0.3, 0.4) is 0 Å². The fraction of sp³-hybridized carbons (Fsp3) is 0.0714. The lowest BCUT2D eigenvalue weighted by atomic mass is 10.1. The van der Waals surface area contributed by atoms with Gasteiger partial charge in [0.1, 0.15) is 28.5 Å². The number of carbonyl (C=O) groups is 1. The first-order valence-electron chi connectivity index (χ1n) is 11.0. The molecule has 0 atom stereocenters. The number of ether oxygens (including phenoxy) is 2. The van der Waals surface area contributed by atoms with Gasteiger partial charge < -0.3 is 19.2 Å². The van der Waals surface area contributed by atoms with Gasteiger partial charge in [0, 0.05) is 36.0 Å². The molecule has 2 heterocycles. The molecule has 1 N–H and O–H groups in total. The number of hydrogen-bond donors (Lipinski definition) is 1. The highest BCUT2D eigenvalue weighted by atomic mass is 16.5. The minimum Gasteiger partial charge on any atom is -0.457 e. The molecule has 1 amide bonds. The second kappa shape index (κ2) is 9.50. The molecule has 0 spiro atoms. The molecule has 0 aliphatic rings. The summed E-state index contributed by atoms with van der Waals surface area (Å²) in [5.41, 5.74) is 2.77. The van der Waals surface area contributed by atoms with Gasteiger partial charge >= 0.3 is 0 Å². The number of fused-ring (bicyclic) bond motifs is 1. The van der Waals surface area contributed by atoms with Gasteiger partial charge in [-0.25, -0.2) is 0 Å². The van der Waals surface area contributed by atoms with Crippen molar-refractivity contribution in [3.8, 4) is 34.3 Å². The topological polar surface area (TPSA) is 73.6 Å². The Hall–Kier alpha value is -4.58. The molecule has 34 heavy (non-hydrogen) atoms. The Morgan fingerprint density at radius 1 is 0.853 bits per heavy atom. The molecular weight excluding hydrogens is 428 g/mol. The van der Waals surface area contributed by atoms with Crippen LogP contribution >= 0.6 is 0 Å². The van der Waals surface area contributed by atoms with Gasteiger partial charge in [0.05, 0.1) is 0 Å². The zero-order valence-electron chi connectivity index (χ0n) is 18.5. The van der Waals surface area contributed by atoms with Crippen LogP contribution in [0.15, 0.2) is 102 Å². The van der Waals surface area contributed by atoms with E-state index in [9.17, 15) is 4.79 Å². The smallest absolute Gasteiger partial charge is 0.224 e. The zero-order chi connectivity index (χ0) is 23.3. The summed E-state index contributed by atoms with van der Waals surface area (Å²) in [6.07, 6.45) is 2.10. The fourth-order valence-electron chi connectivity index (χ4n) is 3.46. The third-order valence-corrected chi connectivity index (χ3v) is 5.16. The van der Waals surface area contributed by atoms with Crippen molar-refractivity contribution in [3.05, 3.63) is 97.2 Å². The van der Waals surface area contributed by atoms with Crippen molar-refractivity contribution in [2.45, 2.75) is 13.3 Å². The Morgan fingerprint density at radius 2 is 1.59 bits per heavy atom. The molecule has 0 aliphatic carbocycles. The highest BCUT2D eigenvalue weighted by Gasteiger charge is 2.13. The molecule has 6 heteroatoms. The van der Waals surface area contributed by atoms with Crippen LogP contribution < -0.4 is 14.8 Å². The molecule has 3 aromatic carbocycles. The molecule has 2 aromatic heterocycles. The van der Waals surface area contributed by atoms with E-state index in [0.717, 1.165) is 11.3 Å². The van der Waals surface area contributed by atoms with Gasteiger partial charge in [0.2, 0.25) is 5.91 Å². The average Bonchev–Trinajstić information content (AvgIpc) is 3.32. The van der Waals surface area contributed by atoms with Crippen molar-refractivity contribution in [2.75, 3.05) is 5.32 Å². The second-order valence-electron chi connectivity index (χ2n) is 7.61. The number of nitrogens with zero attached hydrogens (tertiary/aromatic N) is 1. The monoisotopic (exact) mass is 450 g/mol. The maximum Gasteiger partial charge on any atom is 0.224 e. The van der Waals surface area contributed by atoms with Crippen LogP contribution in [0.1, 0.15) is 13.3 Å². The molecule has 0 aliphatic heterocycles. The number of furan rings is 1. The number of hydrogen-bond acceptors (Lipinski definition) is 5. The maximum absolute atomic E-state index is 11.7. The van der Waals surface area contributed by atoms with E-state index in [4.69, 9.17) is 13.9 Å². The Bertz CT molecular complexity index is 1430. The minimum absolute atomic E-state index is 0.0423. The van der Waals surface area contributed by atoms with Crippen LogP contribution in [0.2, 0.25) is 0 Å². The number of benzene rings is 3. The molecule has 0 fully saturated rings. The number of aromatic nitrogens is 1. The van der Waals surface area contributed by atoms with E-state index in [1.807, 2.05) is 91.9 Å². The summed E-state index contributed by atoms with van der Waals surface area (Å²) < 4.78 is 18.0. The summed E-state index contributed by atoms with van der Waals surface area (Å²) in [4.78, 5) is 16.1. The van der Waals surface area contributed by atoms with Crippen molar-refractivity contribution >= 4 is 22.7 Å². The van der Waals surface area contributed by atoms with Crippen LogP contribution in [0.4, 0.5) is 5.69 Å². The van der Waals surface area contributed by atoms with E-state index in [2.05, 4.69) is 10.3 Å². The number of rotatable bonds is 7. The quantitative estimate of drug-likeness (QED) is 0.279. The third-order valence-electron chi connectivity index (χ3n) is 5.16. The molecule has 168 valence electrons. The largest absolute Gasteiger partial charge is 0.457 e. The van der Waals surface area contributed by atoms with Gasteiger partial charge in [-0.2, -0.15) is 0 Å². The molecule has 6 nitrogen and oxygen atoms in total. The van der Waals surface area contributed by atoms with Gasteiger partial charge in [-0.3, -0.25) is 9.78 Å². The molecular formula is C28H22N2O4. The summed E-state index contributed by atoms with van der Waals surface area (Å²) in [7, 11) is 0. The first kappa shape index (κ1) is 21.3. The Kier molecular flexibility index (Phi) is 5.95. The van der Waals surface area contributed by atoms with Crippen molar-refractivity contribution < 1.29 is 18.7 Å². The highest BCUT2D eigenvalue weighted by molar-refractivity contribution is 5.91. The number of nitrogens with one attached hydrogen (secondary N) is 1. The average molecular weight is 450 g/mol. The molecule has 0 radical (unpaired) electrons. The van der Waals surface area contributed by atoms with E-state index < -0.39 is 0 Å². The minimum atomic E-state index is -0.0423. The van der Waals surface area contributed by atoms with E-state index >= 15 is 0 Å². The number of pyridine rings is 1. The van der Waals surface area contributed by atoms with Gasteiger partial charge in [-0.05, 0) is 48.5 Å². The molecule has 5 aromatic rings. The summed E-state index contributed by atoms with van der Waals surface area (Å²) in [6, 6.07) is 28.1. The normalized spacial score (nSPS) is 10.7. The standard InChI is InChI=1S/C28H22N2O4/c1-2-27(31)30-20-8-6-7-19(17-20)26-18-24-28(34-26)25(15-16-29-24)33-23-13-11-22(12-14-23)32-21-9-4-3-5-10-21/h3-18H,2H2,1H3,(H,30,31). The Balaban J connectivity index is 1.37. The second-order valence-corrected chi connectivity index (χ2v) is 7.61. The van der Waals surface area contributed by atoms with Crippen LogP contribution in [-0.4, -0.2) is 10.9 Å². The van der Waals surface area contributed by atoms with Crippen LogP contribution in [-0.2, 0) is 4.79 Å². The van der Waals surface area contributed by atoms with Crippen LogP contribution in [0.25, 0.3) is 22.4 Å². The van der Waals surface area contributed by atoms with Crippen LogP contribution in [0, 0.1) is 0 Å². The first-order valence-corrected chi connectivity index (χ1v) is 11.0. The lowest BCUT2D eigenvalue weighted by Gasteiger charge is -2.08. The van der Waals surface area contributed by atoms with E-state index in [1.54, 1.807) is 12.3 Å². The van der Waals surface area contributed by atoms with Gasteiger partial charge in [0.15, 0.2) is 11.3 Å². The molecule has 0 saturated carbocycles. The number of para-hydroxylation sites is 1. The summed E-state index contributed by atoms with van der Waals surface area (Å²) >= 11 is 0. The summed E-state index contributed by atoms with van der Waals surface area (Å²) in [5, 5.41) is 2.87. The van der Waals surface area contributed by atoms with Crippen molar-refractivity contribution in [1.29, 1.82) is 0 Å². The van der Waals surface area contributed by atoms with Crippen molar-refractivity contribution in [3.63, 3.8) is 0 Å². The molecule has 0 bridgehead atoms. The fourth-order valence-corrected chi connectivity index (χ4v) is 3.46. The maximum atomic E-state index is 11.7. The SMILES string of the molecule is CCC(=O)Nc1cccc(-c2cc3nccc(Oc4ccc(Oc5ccccc5)cc4)c3o2)c1. The highest BCUT2D eigenvalue weighted by Crippen LogP contribution is 2.35. The molecule has 0 saturated heterocycles. The van der Waals surface area contributed by atoms with Crippen molar-refractivity contribution in [1.82, 2.24) is 4.98 Å². The molecule has 0 unspecified atom stereocenters. The zero-order valence-corrected chi connectivity index (χ0v) is 18.5. The van der Waals surface area contributed by atoms with E-state index in [0.29, 0.717) is 46.2 Å². The van der Waals surface area contributed by atoms with E-state index in [1.165, 1.54) is 0 Å². The third kappa shape index (κ3) is 4.76. The van der Waals surface area contributed by atoms with E-state index in [-0.39, 0.29) is 5.91 Å². The molecule has 5 rings (SSSR count). The van der Waals surface area contributed by atoms with Gasteiger partial charge in [-0.15, -0.1) is 0 Å². The summed E-state index contributed by atoms with van der Waals surface area (Å²) in [5.74, 6) is 3.29. The van der Waals surface area contributed by atoms with Crippen molar-refractivity contribution in [2.24, 2.45) is 0 Å². The lowest BCUT2D eigenvalue weighted by molar-refractivity contribution is -0.115. The Morgan fingerprint density at radius 3 is 2.35 bits per heavy atom. The lowest BCUT2D eigenvalue weighted by Crippen LogP contribution is -2.09. The number of anilines is 1.